The van der Waals surface area contributed by atoms with E-state index < -0.39 is 0 Å². The minimum absolute atomic E-state index is 1.08. The maximum Gasteiger partial charge on any atom is 0.0619 e. The fourth-order valence-electron chi connectivity index (χ4n) is 9.88. The van der Waals surface area contributed by atoms with Crippen LogP contribution in [0.5, 0.6) is 0 Å². The lowest BCUT2D eigenvalue weighted by Crippen LogP contribution is -2.09. The van der Waals surface area contributed by atoms with Crippen molar-refractivity contribution in [2.24, 2.45) is 0 Å². The van der Waals surface area contributed by atoms with E-state index in [1.165, 1.54) is 106 Å². The molecule has 0 amide bonds. The summed E-state index contributed by atoms with van der Waals surface area (Å²) in [5.41, 5.74) is 11.8. The number of nitrogens with zero attached hydrogens (tertiary/aromatic N) is 3. The summed E-state index contributed by atoms with van der Waals surface area (Å²) >= 11 is 3.58. The quantitative estimate of drug-likeness (QED) is 0.0513. The molecular weight excluding hydrogens is 843 g/mol. The predicted molar refractivity (Wildman–Crippen MR) is 280 cm³/mol. The highest BCUT2D eigenvalue weighted by atomic mass is 79.9. The standard InChI is InChI=1S/C60H54BrN3/c61-42-24-6-4-2-1-3-5-19-33-51-52-34-20-22-36-54(52)60(55-37-23-21-35-53(51)55)64-58-40-38-49(62(45-25-11-7-12-26-45)46-27-13-8-14-28-46)43-56(58)57-44-50(39-41-59(57)64)63(47-29-15-9-16-30-47)48-31-17-10-18-32-48/h7-18,20-23,25-32,34-41,43-44H,1-6,19,24,33,42H2. The number of aromatic nitrogens is 1. The molecular formula is C60H54BrN3. The van der Waals surface area contributed by atoms with Gasteiger partial charge in [-0.05, 0) is 121 Å². The molecule has 4 heteroatoms. The van der Waals surface area contributed by atoms with E-state index in [-0.39, 0.29) is 0 Å². The summed E-state index contributed by atoms with van der Waals surface area (Å²) in [6.45, 7) is 0. The number of fused-ring (bicyclic) bond motifs is 5. The number of hydrogen-bond donors (Lipinski definition) is 0. The Morgan fingerprint density at radius 2 is 0.656 bits per heavy atom. The van der Waals surface area contributed by atoms with Crippen LogP contribution in [0.4, 0.5) is 34.1 Å². The molecule has 316 valence electrons. The first kappa shape index (κ1) is 41.4. The number of halogens is 1. The summed E-state index contributed by atoms with van der Waals surface area (Å²) in [7, 11) is 0. The number of rotatable bonds is 17. The molecule has 0 saturated carbocycles. The van der Waals surface area contributed by atoms with Gasteiger partial charge in [-0.2, -0.15) is 0 Å². The van der Waals surface area contributed by atoms with Crippen LogP contribution < -0.4 is 9.80 Å². The average molecular weight is 897 g/mol. The van der Waals surface area contributed by atoms with Crippen molar-refractivity contribution >= 4 is 93.4 Å². The molecule has 0 aliphatic carbocycles. The van der Waals surface area contributed by atoms with E-state index in [9.17, 15) is 0 Å². The molecule has 10 aromatic rings. The molecule has 1 heterocycles. The van der Waals surface area contributed by atoms with Crippen molar-refractivity contribution in [3.63, 3.8) is 0 Å². The van der Waals surface area contributed by atoms with Crippen molar-refractivity contribution < 1.29 is 0 Å². The Balaban J connectivity index is 1.17. The van der Waals surface area contributed by atoms with E-state index >= 15 is 0 Å². The second-order valence-electron chi connectivity index (χ2n) is 16.9. The monoisotopic (exact) mass is 895 g/mol. The fourth-order valence-corrected chi connectivity index (χ4v) is 10.3. The van der Waals surface area contributed by atoms with E-state index in [2.05, 4.69) is 237 Å². The molecule has 0 bridgehead atoms. The number of benzene rings is 9. The van der Waals surface area contributed by atoms with Crippen LogP contribution in [0.3, 0.4) is 0 Å². The molecule has 0 saturated heterocycles. The predicted octanol–water partition coefficient (Wildman–Crippen LogP) is 18.1. The van der Waals surface area contributed by atoms with E-state index in [0.29, 0.717) is 0 Å². The molecule has 0 unspecified atom stereocenters. The van der Waals surface area contributed by atoms with Gasteiger partial charge < -0.3 is 14.4 Å². The van der Waals surface area contributed by atoms with Gasteiger partial charge in [0.05, 0.1) is 16.7 Å². The summed E-state index contributed by atoms with van der Waals surface area (Å²) in [5, 5.41) is 8.83. The van der Waals surface area contributed by atoms with Crippen LogP contribution in [-0.2, 0) is 6.42 Å². The Labute approximate surface area is 386 Å². The maximum atomic E-state index is 3.58. The second kappa shape index (κ2) is 19.4. The number of para-hydroxylation sites is 4. The van der Waals surface area contributed by atoms with Gasteiger partial charge in [0.1, 0.15) is 0 Å². The summed E-state index contributed by atoms with van der Waals surface area (Å²) in [4.78, 5) is 4.74. The average Bonchev–Trinajstić information content (AvgIpc) is 3.67. The van der Waals surface area contributed by atoms with Gasteiger partial charge in [-0.3, -0.25) is 0 Å². The van der Waals surface area contributed by atoms with Crippen LogP contribution in [-0.4, -0.2) is 9.90 Å². The van der Waals surface area contributed by atoms with Gasteiger partial charge in [-0.15, -0.1) is 0 Å². The molecule has 0 fully saturated rings. The molecule has 64 heavy (non-hydrogen) atoms. The zero-order valence-corrected chi connectivity index (χ0v) is 38.0. The van der Waals surface area contributed by atoms with Gasteiger partial charge in [0.15, 0.2) is 0 Å². The van der Waals surface area contributed by atoms with E-state index in [1.54, 1.807) is 0 Å². The van der Waals surface area contributed by atoms with Crippen LogP contribution in [0.25, 0.3) is 49.0 Å². The molecule has 0 radical (unpaired) electrons. The van der Waals surface area contributed by atoms with Gasteiger partial charge in [0.2, 0.25) is 0 Å². The van der Waals surface area contributed by atoms with Gasteiger partial charge in [0.25, 0.3) is 0 Å². The molecule has 0 spiro atoms. The topological polar surface area (TPSA) is 11.4 Å². The van der Waals surface area contributed by atoms with Crippen molar-refractivity contribution in [2.75, 3.05) is 15.1 Å². The van der Waals surface area contributed by atoms with Crippen molar-refractivity contribution in [1.82, 2.24) is 4.57 Å². The van der Waals surface area contributed by atoms with Crippen molar-refractivity contribution in [1.29, 1.82) is 0 Å². The minimum atomic E-state index is 1.08. The highest BCUT2D eigenvalue weighted by Crippen LogP contribution is 2.45. The first-order chi connectivity index (χ1) is 31.8. The van der Waals surface area contributed by atoms with Crippen LogP contribution >= 0.6 is 15.9 Å². The van der Waals surface area contributed by atoms with Crippen molar-refractivity contribution in [3.8, 4) is 5.69 Å². The summed E-state index contributed by atoms with van der Waals surface area (Å²) in [5.74, 6) is 0. The first-order valence-electron chi connectivity index (χ1n) is 23.2. The smallest absolute Gasteiger partial charge is 0.0619 e. The third-order valence-electron chi connectivity index (χ3n) is 12.9. The summed E-state index contributed by atoms with van der Waals surface area (Å²) < 4.78 is 2.56. The van der Waals surface area contributed by atoms with Gasteiger partial charge in [-0.25, -0.2) is 0 Å². The lowest BCUT2D eigenvalue weighted by molar-refractivity contribution is 0.577. The van der Waals surface area contributed by atoms with Crippen LogP contribution in [0, 0.1) is 0 Å². The molecule has 0 atom stereocenters. The third kappa shape index (κ3) is 8.31. The SMILES string of the molecule is BrCCCCCCCCCCc1c2ccccc2c(-n2c3ccc(N(c4ccccc4)c4ccccc4)cc3c3cc(N(c4ccccc4)c4ccccc4)ccc32)c2ccccc12. The molecule has 1 aromatic heterocycles. The molecule has 9 aromatic carbocycles. The minimum Gasteiger partial charge on any atom is -0.310 e. The summed E-state index contributed by atoms with van der Waals surface area (Å²) in [6.07, 6.45) is 11.5. The molecule has 0 N–H and O–H groups in total. The normalized spacial score (nSPS) is 11.5. The molecule has 3 nitrogen and oxygen atoms in total. The Kier molecular flexibility index (Phi) is 12.6. The number of unbranched alkanes of at least 4 members (excludes halogenated alkanes) is 7. The van der Waals surface area contributed by atoms with Crippen molar-refractivity contribution in [3.05, 3.63) is 212 Å². The molecule has 10 rings (SSSR count). The lowest BCUT2D eigenvalue weighted by Gasteiger charge is -2.26. The van der Waals surface area contributed by atoms with Crippen molar-refractivity contribution in [2.45, 2.75) is 57.8 Å². The summed E-state index contributed by atoms with van der Waals surface area (Å²) in [6, 6.07) is 75.4. The molecule has 0 aliphatic heterocycles. The van der Waals surface area contributed by atoms with E-state index in [4.69, 9.17) is 0 Å². The Hall–Kier alpha value is -6.62. The number of anilines is 6. The maximum absolute atomic E-state index is 3.58. The highest BCUT2D eigenvalue weighted by molar-refractivity contribution is 9.09. The van der Waals surface area contributed by atoms with Crippen LogP contribution in [0.2, 0.25) is 0 Å². The number of hydrogen-bond acceptors (Lipinski definition) is 2. The van der Waals surface area contributed by atoms with Crippen LogP contribution in [0.15, 0.2) is 206 Å². The van der Waals surface area contributed by atoms with Gasteiger partial charge in [-0.1, -0.05) is 176 Å². The van der Waals surface area contributed by atoms with E-state index in [0.717, 1.165) is 45.9 Å². The van der Waals surface area contributed by atoms with Gasteiger partial charge >= 0.3 is 0 Å². The van der Waals surface area contributed by atoms with E-state index in [1.807, 2.05) is 0 Å². The number of aryl methyl sites for hydroxylation is 1. The zero-order valence-electron chi connectivity index (χ0n) is 36.4. The van der Waals surface area contributed by atoms with Crippen LogP contribution in [0.1, 0.15) is 56.9 Å². The lowest BCUT2D eigenvalue weighted by atomic mass is 9.91. The Morgan fingerprint density at radius 3 is 1.05 bits per heavy atom. The zero-order chi connectivity index (χ0) is 43.1. The van der Waals surface area contributed by atoms with Gasteiger partial charge in [0, 0.05) is 61.0 Å². The highest BCUT2D eigenvalue weighted by Gasteiger charge is 2.23. The Bertz CT molecular complexity index is 2850. The largest absolute Gasteiger partial charge is 0.310 e. The third-order valence-corrected chi connectivity index (χ3v) is 13.4. The second-order valence-corrected chi connectivity index (χ2v) is 17.7. The number of alkyl halides is 1. The fraction of sp³-hybridized carbons (Fsp3) is 0.167. The molecule has 0 aliphatic rings. The first-order valence-corrected chi connectivity index (χ1v) is 24.3. The Morgan fingerprint density at radius 1 is 0.312 bits per heavy atom.